The van der Waals surface area contributed by atoms with Crippen LogP contribution < -0.4 is 0 Å². The lowest BCUT2D eigenvalue weighted by atomic mass is 9.72. The smallest absolute Gasteiger partial charge is 0.184 e. The molecule has 2 aliphatic rings. The van der Waals surface area contributed by atoms with Gasteiger partial charge >= 0.3 is 0 Å². The number of hydrogen-bond donors (Lipinski definition) is 0. The third-order valence-corrected chi connectivity index (χ3v) is 5.16. The first kappa shape index (κ1) is 17.0. The number of Topliss-reactive ketones (excluding diaryl/α,β-unsaturated/α-hetero) is 1. The standard InChI is InChI=1S/C18H32O3/c1-18(2,3)14-8-10-17(11-9-14)21-13-15(19)12-20-16-6-4-5-7-16/h14,16-17H,4-13H2,1-3H3. The second-order valence-electron chi connectivity index (χ2n) is 7.91. The van der Waals surface area contributed by atoms with E-state index in [-0.39, 0.29) is 25.1 Å². The summed E-state index contributed by atoms with van der Waals surface area (Å²) in [6, 6.07) is 0. The molecule has 0 aromatic rings. The number of carbonyl (C=O) groups excluding carboxylic acids is 1. The number of rotatable bonds is 6. The van der Waals surface area contributed by atoms with Crippen molar-refractivity contribution in [2.45, 2.75) is 84.3 Å². The molecule has 0 heterocycles. The third kappa shape index (κ3) is 5.71. The molecular formula is C18H32O3. The number of hydrogen-bond acceptors (Lipinski definition) is 3. The SMILES string of the molecule is CC(C)(C)C1CCC(OCC(=O)COC2CCCC2)CC1. The zero-order valence-electron chi connectivity index (χ0n) is 14.0. The minimum atomic E-state index is 0.0971. The molecule has 0 amide bonds. The van der Waals surface area contributed by atoms with Gasteiger partial charge in [-0.15, -0.1) is 0 Å². The van der Waals surface area contributed by atoms with Crippen LogP contribution >= 0.6 is 0 Å². The van der Waals surface area contributed by atoms with E-state index in [4.69, 9.17) is 9.47 Å². The van der Waals surface area contributed by atoms with Gasteiger partial charge in [0.2, 0.25) is 0 Å². The van der Waals surface area contributed by atoms with E-state index in [0.717, 1.165) is 31.6 Å². The lowest BCUT2D eigenvalue weighted by Gasteiger charge is -2.36. The highest BCUT2D eigenvalue weighted by atomic mass is 16.5. The first-order valence-electron chi connectivity index (χ1n) is 8.70. The van der Waals surface area contributed by atoms with Crippen molar-refractivity contribution in [1.82, 2.24) is 0 Å². The van der Waals surface area contributed by atoms with Crippen LogP contribution in [-0.4, -0.2) is 31.2 Å². The Balaban J connectivity index is 1.57. The fourth-order valence-electron chi connectivity index (χ4n) is 3.61. The molecule has 2 aliphatic carbocycles. The van der Waals surface area contributed by atoms with Gasteiger partial charge in [0.05, 0.1) is 12.2 Å². The van der Waals surface area contributed by atoms with E-state index < -0.39 is 0 Å². The van der Waals surface area contributed by atoms with Crippen molar-refractivity contribution in [3.8, 4) is 0 Å². The Hall–Kier alpha value is -0.410. The zero-order chi connectivity index (χ0) is 15.3. The predicted molar refractivity (Wildman–Crippen MR) is 84.4 cm³/mol. The van der Waals surface area contributed by atoms with E-state index in [0.29, 0.717) is 11.5 Å². The van der Waals surface area contributed by atoms with Gasteiger partial charge in [0.15, 0.2) is 5.78 Å². The highest BCUT2D eigenvalue weighted by Crippen LogP contribution is 2.38. The summed E-state index contributed by atoms with van der Waals surface area (Å²) in [5, 5.41) is 0. The summed E-state index contributed by atoms with van der Waals surface area (Å²) in [4.78, 5) is 11.8. The van der Waals surface area contributed by atoms with Gasteiger partial charge in [-0.2, -0.15) is 0 Å². The first-order valence-corrected chi connectivity index (χ1v) is 8.70. The summed E-state index contributed by atoms with van der Waals surface area (Å²) in [6.07, 6.45) is 9.95. The van der Waals surface area contributed by atoms with Crippen LogP contribution in [0.2, 0.25) is 0 Å². The Morgan fingerprint density at radius 3 is 1.81 bits per heavy atom. The van der Waals surface area contributed by atoms with Crippen LogP contribution in [0.4, 0.5) is 0 Å². The van der Waals surface area contributed by atoms with Gasteiger partial charge in [0.1, 0.15) is 13.2 Å². The molecule has 0 atom stereocenters. The molecule has 0 radical (unpaired) electrons. The minimum absolute atomic E-state index is 0.0971. The fraction of sp³-hybridized carbons (Fsp3) is 0.944. The Labute approximate surface area is 129 Å². The van der Waals surface area contributed by atoms with Crippen LogP contribution in [0.1, 0.15) is 72.1 Å². The number of ether oxygens (including phenoxy) is 2. The van der Waals surface area contributed by atoms with Crippen molar-refractivity contribution in [3.05, 3.63) is 0 Å². The maximum Gasteiger partial charge on any atom is 0.184 e. The lowest BCUT2D eigenvalue weighted by Crippen LogP contribution is -2.30. The summed E-state index contributed by atoms with van der Waals surface area (Å²) < 4.78 is 11.4. The molecule has 0 bridgehead atoms. The van der Waals surface area contributed by atoms with Gasteiger partial charge in [-0.25, -0.2) is 0 Å². The molecule has 0 spiro atoms. The van der Waals surface area contributed by atoms with Gasteiger partial charge in [-0.05, 0) is 49.9 Å². The number of carbonyl (C=O) groups is 1. The van der Waals surface area contributed by atoms with Crippen molar-refractivity contribution >= 4 is 5.78 Å². The lowest BCUT2D eigenvalue weighted by molar-refractivity contribution is -0.133. The molecule has 0 aromatic carbocycles. The molecule has 3 heteroatoms. The maximum absolute atomic E-state index is 11.8. The Bertz CT molecular complexity index is 318. The van der Waals surface area contributed by atoms with Crippen molar-refractivity contribution in [2.75, 3.05) is 13.2 Å². The number of ketones is 1. The van der Waals surface area contributed by atoms with Crippen molar-refractivity contribution in [3.63, 3.8) is 0 Å². The minimum Gasteiger partial charge on any atom is -0.370 e. The van der Waals surface area contributed by atoms with Gasteiger partial charge in [0.25, 0.3) is 0 Å². The summed E-state index contributed by atoms with van der Waals surface area (Å²) in [6.45, 7) is 7.44. The van der Waals surface area contributed by atoms with E-state index in [1.54, 1.807) is 0 Å². The van der Waals surface area contributed by atoms with Crippen LogP contribution in [0, 0.1) is 11.3 Å². The van der Waals surface area contributed by atoms with E-state index in [1.165, 1.54) is 25.7 Å². The molecule has 122 valence electrons. The molecular weight excluding hydrogens is 264 g/mol. The average Bonchev–Trinajstić information content (AvgIpc) is 2.95. The molecule has 0 aromatic heterocycles. The van der Waals surface area contributed by atoms with Gasteiger partial charge in [-0.3, -0.25) is 4.79 Å². The monoisotopic (exact) mass is 296 g/mol. The molecule has 2 rings (SSSR count). The van der Waals surface area contributed by atoms with Gasteiger partial charge in [-0.1, -0.05) is 33.6 Å². The van der Waals surface area contributed by atoms with Crippen molar-refractivity contribution in [2.24, 2.45) is 11.3 Å². The molecule has 2 fully saturated rings. The summed E-state index contributed by atoms with van der Waals surface area (Å²) in [5.41, 5.74) is 0.399. The normalized spacial score (nSPS) is 28.0. The maximum atomic E-state index is 11.8. The topological polar surface area (TPSA) is 35.5 Å². The van der Waals surface area contributed by atoms with E-state index >= 15 is 0 Å². The van der Waals surface area contributed by atoms with Gasteiger partial charge < -0.3 is 9.47 Å². The third-order valence-electron chi connectivity index (χ3n) is 5.16. The van der Waals surface area contributed by atoms with E-state index in [1.807, 2.05) is 0 Å². The Morgan fingerprint density at radius 2 is 1.33 bits per heavy atom. The predicted octanol–water partition coefficient (Wildman–Crippen LogP) is 4.14. The van der Waals surface area contributed by atoms with E-state index in [2.05, 4.69) is 20.8 Å². The fourth-order valence-corrected chi connectivity index (χ4v) is 3.61. The van der Waals surface area contributed by atoms with Crippen LogP contribution in [0.25, 0.3) is 0 Å². The molecule has 3 nitrogen and oxygen atoms in total. The first-order chi connectivity index (χ1) is 9.95. The Kier molecular flexibility index (Phi) is 6.24. The van der Waals surface area contributed by atoms with Crippen LogP contribution in [0.15, 0.2) is 0 Å². The quantitative estimate of drug-likeness (QED) is 0.739. The largest absolute Gasteiger partial charge is 0.370 e. The van der Waals surface area contributed by atoms with Crippen LogP contribution in [0.3, 0.4) is 0 Å². The van der Waals surface area contributed by atoms with E-state index in [9.17, 15) is 4.79 Å². The average molecular weight is 296 g/mol. The van der Waals surface area contributed by atoms with Gasteiger partial charge in [0, 0.05) is 0 Å². The van der Waals surface area contributed by atoms with Crippen LogP contribution in [0.5, 0.6) is 0 Å². The second-order valence-corrected chi connectivity index (χ2v) is 7.91. The molecule has 0 unspecified atom stereocenters. The van der Waals surface area contributed by atoms with Crippen LogP contribution in [-0.2, 0) is 14.3 Å². The summed E-state index contributed by atoms with van der Waals surface area (Å²) in [5.74, 6) is 0.888. The summed E-state index contributed by atoms with van der Waals surface area (Å²) in [7, 11) is 0. The highest BCUT2D eigenvalue weighted by Gasteiger charge is 2.30. The second kappa shape index (κ2) is 7.73. The van der Waals surface area contributed by atoms with Crippen molar-refractivity contribution in [1.29, 1.82) is 0 Å². The summed E-state index contributed by atoms with van der Waals surface area (Å²) >= 11 is 0. The molecule has 0 N–H and O–H groups in total. The molecule has 0 saturated heterocycles. The Morgan fingerprint density at radius 1 is 0.857 bits per heavy atom. The van der Waals surface area contributed by atoms with Crippen molar-refractivity contribution < 1.29 is 14.3 Å². The molecule has 0 aliphatic heterocycles. The molecule has 2 saturated carbocycles. The zero-order valence-corrected chi connectivity index (χ0v) is 14.0. The highest BCUT2D eigenvalue weighted by molar-refractivity contribution is 5.80. The molecule has 21 heavy (non-hydrogen) atoms.